The molecule has 1 aliphatic heterocycles. The molecular formula is C20H19ClN6. The van der Waals surface area contributed by atoms with Crippen molar-refractivity contribution in [2.75, 3.05) is 18.0 Å². The molecule has 1 aliphatic rings. The number of anilines is 1. The molecule has 5 heterocycles. The number of halogens is 1. The molecule has 0 radical (unpaired) electrons. The molecule has 27 heavy (non-hydrogen) atoms. The third-order valence-corrected chi connectivity index (χ3v) is 5.37. The van der Waals surface area contributed by atoms with Gasteiger partial charge in [-0.25, -0.2) is 9.50 Å². The molecule has 0 aromatic carbocycles. The zero-order chi connectivity index (χ0) is 18.4. The highest BCUT2D eigenvalue weighted by atomic mass is 35.5. The second-order valence-corrected chi connectivity index (χ2v) is 7.34. The minimum absolute atomic E-state index is 0.631. The summed E-state index contributed by atoms with van der Waals surface area (Å²) in [5.74, 6) is 1.04. The number of nitrogens with zero attached hydrogens (tertiary/aromatic N) is 6. The van der Waals surface area contributed by atoms with E-state index in [1.807, 2.05) is 36.4 Å². The Bertz CT molecular complexity index is 1110. The molecule has 4 aromatic heterocycles. The highest BCUT2D eigenvalue weighted by molar-refractivity contribution is 6.34. The van der Waals surface area contributed by atoms with E-state index < -0.39 is 0 Å². The summed E-state index contributed by atoms with van der Waals surface area (Å²) in [5.41, 5.74) is 5.00. The maximum atomic E-state index is 6.44. The van der Waals surface area contributed by atoms with E-state index in [9.17, 15) is 0 Å². The Hall–Kier alpha value is -2.86. The standard InChI is InChI=1S/C20H19ClN6/c1-25-12-16(10-23-25)15-8-17(20-18(21)11-24-27(20)13-15)14-4-5-19(22-9-14)26-6-2-3-7-26/h4-5,8-13H,2-3,6-7H2,1H3. The van der Waals surface area contributed by atoms with Crippen LogP contribution in [-0.4, -0.2) is 37.5 Å². The maximum absolute atomic E-state index is 6.44. The molecule has 0 unspecified atom stereocenters. The zero-order valence-corrected chi connectivity index (χ0v) is 15.8. The Morgan fingerprint density at radius 2 is 1.78 bits per heavy atom. The molecular weight excluding hydrogens is 360 g/mol. The number of rotatable bonds is 3. The highest BCUT2D eigenvalue weighted by Gasteiger charge is 2.16. The van der Waals surface area contributed by atoms with Gasteiger partial charge in [0, 0.05) is 61.0 Å². The zero-order valence-electron chi connectivity index (χ0n) is 15.0. The molecule has 0 atom stereocenters. The van der Waals surface area contributed by atoms with E-state index in [4.69, 9.17) is 16.6 Å². The molecule has 0 spiro atoms. The van der Waals surface area contributed by atoms with E-state index in [2.05, 4.69) is 33.3 Å². The van der Waals surface area contributed by atoms with Crippen LogP contribution in [0.1, 0.15) is 12.8 Å². The van der Waals surface area contributed by atoms with Crippen molar-refractivity contribution in [3.63, 3.8) is 0 Å². The first kappa shape index (κ1) is 16.3. The van der Waals surface area contributed by atoms with Gasteiger partial charge in [-0.3, -0.25) is 4.68 Å². The van der Waals surface area contributed by atoms with Crippen LogP contribution in [0.25, 0.3) is 27.8 Å². The maximum Gasteiger partial charge on any atom is 0.128 e. The summed E-state index contributed by atoms with van der Waals surface area (Å²) in [6, 6.07) is 6.34. The molecule has 0 amide bonds. The SMILES string of the molecule is Cn1cc(-c2cc(-c3ccc(N4CCCC4)nc3)c3c(Cl)cnn3c2)cn1. The number of aromatic nitrogens is 5. The quantitative estimate of drug-likeness (QED) is 0.539. The Balaban J connectivity index is 1.63. The molecule has 6 nitrogen and oxygen atoms in total. The first-order valence-electron chi connectivity index (χ1n) is 9.06. The van der Waals surface area contributed by atoms with Crippen molar-refractivity contribution in [2.45, 2.75) is 12.8 Å². The van der Waals surface area contributed by atoms with Gasteiger partial charge in [-0.05, 0) is 31.0 Å². The summed E-state index contributed by atoms with van der Waals surface area (Å²) < 4.78 is 3.62. The lowest BCUT2D eigenvalue weighted by Crippen LogP contribution is -2.18. The van der Waals surface area contributed by atoms with Crippen LogP contribution in [-0.2, 0) is 7.05 Å². The third-order valence-electron chi connectivity index (χ3n) is 5.09. The minimum atomic E-state index is 0.631. The summed E-state index contributed by atoms with van der Waals surface area (Å²) in [6.07, 6.45) is 11.9. The van der Waals surface area contributed by atoms with E-state index in [0.717, 1.165) is 46.7 Å². The fourth-order valence-corrected chi connectivity index (χ4v) is 3.94. The second kappa shape index (κ2) is 6.39. The summed E-state index contributed by atoms with van der Waals surface area (Å²) in [6.45, 7) is 2.17. The lowest BCUT2D eigenvalue weighted by Gasteiger charge is -2.16. The predicted octanol–water partition coefficient (Wildman–Crippen LogP) is 4.05. The van der Waals surface area contributed by atoms with E-state index >= 15 is 0 Å². The average Bonchev–Trinajstić information content (AvgIpc) is 3.43. The van der Waals surface area contributed by atoms with Crippen LogP contribution in [0.2, 0.25) is 5.02 Å². The van der Waals surface area contributed by atoms with Gasteiger partial charge in [0.25, 0.3) is 0 Å². The Kier molecular flexibility index (Phi) is 3.86. The Morgan fingerprint density at radius 1 is 0.926 bits per heavy atom. The molecule has 0 N–H and O–H groups in total. The second-order valence-electron chi connectivity index (χ2n) is 6.93. The van der Waals surface area contributed by atoms with Gasteiger partial charge in [0.05, 0.1) is 22.9 Å². The molecule has 0 aliphatic carbocycles. The van der Waals surface area contributed by atoms with Gasteiger partial charge in [-0.1, -0.05) is 11.6 Å². The van der Waals surface area contributed by atoms with Crippen LogP contribution >= 0.6 is 11.6 Å². The molecule has 4 aromatic rings. The van der Waals surface area contributed by atoms with E-state index in [1.54, 1.807) is 10.9 Å². The largest absolute Gasteiger partial charge is 0.357 e. The Morgan fingerprint density at radius 3 is 2.48 bits per heavy atom. The molecule has 7 heteroatoms. The minimum Gasteiger partial charge on any atom is -0.357 e. The van der Waals surface area contributed by atoms with Gasteiger partial charge in [0.1, 0.15) is 5.82 Å². The predicted molar refractivity (Wildman–Crippen MR) is 107 cm³/mol. The van der Waals surface area contributed by atoms with Crippen LogP contribution in [0.5, 0.6) is 0 Å². The normalized spacial score (nSPS) is 14.4. The van der Waals surface area contributed by atoms with Gasteiger partial charge >= 0.3 is 0 Å². The summed E-state index contributed by atoms with van der Waals surface area (Å²) >= 11 is 6.44. The van der Waals surface area contributed by atoms with Crippen molar-refractivity contribution in [3.8, 4) is 22.3 Å². The van der Waals surface area contributed by atoms with Gasteiger partial charge in [-0.15, -0.1) is 0 Å². The topological polar surface area (TPSA) is 51.2 Å². The van der Waals surface area contributed by atoms with Gasteiger partial charge < -0.3 is 4.90 Å². The third kappa shape index (κ3) is 2.86. The lowest BCUT2D eigenvalue weighted by molar-refractivity contribution is 0.768. The van der Waals surface area contributed by atoms with Crippen molar-refractivity contribution in [1.29, 1.82) is 0 Å². The smallest absolute Gasteiger partial charge is 0.128 e. The molecule has 5 rings (SSSR count). The fourth-order valence-electron chi connectivity index (χ4n) is 3.71. The van der Waals surface area contributed by atoms with Gasteiger partial charge in [0.2, 0.25) is 0 Å². The number of pyridine rings is 2. The average molecular weight is 379 g/mol. The van der Waals surface area contributed by atoms with Gasteiger partial charge in [0.15, 0.2) is 0 Å². The number of hydrogen-bond donors (Lipinski definition) is 0. The van der Waals surface area contributed by atoms with Crippen LogP contribution in [0.15, 0.2) is 49.2 Å². The molecule has 0 saturated carbocycles. The Labute approximate surface area is 162 Å². The van der Waals surface area contributed by atoms with Crippen molar-refractivity contribution in [3.05, 3.63) is 54.2 Å². The van der Waals surface area contributed by atoms with Crippen LogP contribution in [0, 0.1) is 0 Å². The highest BCUT2D eigenvalue weighted by Crippen LogP contribution is 2.34. The van der Waals surface area contributed by atoms with E-state index in [1.165, 1.54) is 12.8 Å². The fraction of sp³-hybridized carbons (Fsp3) is 0.250. The number of fused-ring (bicyclic) bond motifs is 1. The van der Waals surface area contributed by atoms with Crippen molar-refractivity contribution < 1.29 is 0 Å². The molecule has 1 fully saturated rings. The molecule has 136 valence electrons. The van der Waals surface area contributed by atoms with Crippen molar-refractivity contribution in [2.24, 2.45) is 7.05 Å². The van der Waals surface area contributed by atoms with Crippen LogP contribution in [0.4, 0.5) is 5.82 Å². The number of aryl methyl sites for hydroxylation is 1. The lowest BCUT2D eigenvalue weighted by atomic mass is 10.0. The van der Waals surface area contributed by atoms with Crippen molar-refractivity contribution >= 4 is 22.9 Å². The summed E-state index contributed by atoms with van der Waals surface area (Å²) in [5, 5.41) is 9.32. The number of hydrogen-bond acceptors (Lipinski definition) is 4. The van der Waals surface area contributed by atoms with Crippen LogP contribution in [0.3, 0.4) is 0 Å². The summed E-state index contributed by atoms with van der Waals surface area (Å²) in [4.78, 5) is 7.03. The van der Waals surface area contributed by atoms with Gasteiger partial charge in [-0.2, -0.15) is 10.2 Å². The molecule has 0 bridgehead atoms. The molecule has 1 saturated heterocycles. The van der Waals surface area contributed by atoms with Crippen LogP contribution < -0.4 is 4.90 Å². The summed E-state index contributed by atoms with van der Waals surface area (Å²) in [7, 11) is 1.91. The monoisotopic (exact) mass is 378 g/mol. The first-order chi connectivity index (χ1) is 13.2. The van der Waals surface area contributed by atoms with E-state index in [-0.39, 0.29) is 0 Å². The van der Waals surface area contributed by atoms with Crippen molar-refractivity contribution in [1.82, 2.24) is 24.4 Å². The van der Waals surface area contributed by atoms with E-state index in [0.29, 0.717) is 5.02 Å². The first-order valence-corrected chi connectivity index (χ1v) is 9.44.